The average Bonchev–Trinajstić information content (AvgIpc) is 3.51. The Kier molecular flexibility index (Phi) is 10.0. The number of hydrogen-bond acceptors (Lipinski definition) is 7. The normalized spacial score (nSPS) is 19.7. The molecule has 0 aliphatic carbocycles. The van der Waals surface area contributed by atoms with Crippen LogP contribution in [0, 0.1) is 25.6 Å². The third kappa shape index (κ3) is 6.74. The number of benzene rings is 2. The molecule has 3 heterocycles. The molecular weight excluding hydrogens is 565 g/mol. The number of fused-ring (bicyclic) bond motifs is 1. The van der Waals surface area contributed by atoms with E-state index in [4.69, 9.17) is 14.5 Å². The van der Waals surface area contributed by atoms with Crippen molar-refractivity contribution in [2.75, 3.05) is 31.6 Å². The predicted molar refractivity (Wildman–Crippen MR) is 170 cm³/mol. The standard InChI is InChI=1S/C34H44FN3O4S/c1-6-8-24(7-2)37-13-11-25-28(17-37)22(4)16-23(32(25)35)19-42-30-10-9-21(3)15-27(30)29-20-43-34(36-29)38-14-12-26(33(39)40)31(18-38)41-5/h9-10,15-16,20,24,26,31H,6-8,11-14,17-19H2,1-5H3,(H,39,40). The summed E-state index contributed by atoms with van der Waals surface area (Å²) in [5.41, 5.74) is 6.41. The van der Waals surface area contributed by atoms with Crippen LogP contribution in [0.15, 0.2) is 29.6 Å². The number of rotatable bonds is 11. The molecule has 1 fully saturated rings. The molecule has 0 saturated carbocycles. The molecule has 1 aromatic heterocycles. The number of aromatic nitrogens is 1. The summed E-state index contributed by atoms with van der Waals surface area (Å²) in [6.07, 6.45) is 4.29. The van der Waals surface area contributed by atoms with Crippen LogP contribution in [0.4, 0.5) is 9.52 Å². The summed E-state index contributed by atoms with van der Waals surface area (Å²) in [4.78, 5) is 21.2. The van der Waals surface area contributed by atoms with Crippen LogP contribution in [0.3, 0.4) is 0 Å². The number of nitrogens with zero attached hydrogens (tertiary/aromatic N) is 3. The maximum absolute atomic E-state index is 15.9. The largest absolute Gasteiger partial charge is 0.488 e. The summed E-state index contributed by atoms with van der Waals surface area (Å²) < 4.78 is 27.7. The number of anilines is 1. The lowest BCUT2D eigenvalue weighted by molar-refractivity contribution is -0.147. The van der Waals surface area contributed by atoms with E-state index in [1.165, 1.54) is 17.8 Å². The second-order valence-corrected chi connectivity index (χ2v) is 12.8. The van der Waals surface area contributed by atoms with Crippen LogP contribution in [-0.4, -0.2) is 59.8 Å². The van der Waals surface area contributed by atoms with E-state index in [1.807, 2.05) is 36.6 Å². The molecule has 5 rings (SSSR count). The van der Waals surface area contributed by atoms with Crippen molar-refractivity contribution >= 4 is 22.4 Å². The summed E-state index contributed by atoms with van der Waals surface area (Å²) in [5.74, 6) is -0.810. The van der Waals surface area contributed by atoms with Gasteiger partial charge in [0, 0.05) is 55.8 Å². The van der Waals surface area contributed by atoms with Crippen molar-refractivity contribution in [3.63, 3.8) is 0 Å². The summed E-state index contributed by atoms with van der Waals surface area (Å²) in [7, 11) is 1.56. The van der Waals surface area contributed by atoms with Gasteiger partial charge in [-0.15, -0.1) is 11.3 Å². The molecule has 2 aliphatic rings. The number of thiazole rings is 1. The number of carboxylic acids is 1. The number of hydrogen-bond donors (Lipinski definition) is 1. The van der Waals surface area contributed by atoms with E-state index in [9.17, 15) is 9.90 Å². The fourth-order valence-corrected chi connectivity index (χ4v) is 7.52. The second-order valence-electron chi connectivity index (χ2n) is 12.0. The van der Waals surface area contributed by atoms with E-state index in [0.29, 0.717) is 36.9 Å². The maximum Gasteiger partial charge on any atom is 0.309 e. The molecule has 3 aromatic rings. The van der Waals surface area contributed by atoms with Gasteiger partial charge in [-0.3, -0.25) is 9.69 Å². The summed E-state index contributed by atoms with van der Waals surface area (Å²) >= 11 is 1.52. The van der Waals surface area contributed by atoms with Gasteiger partial charge in [-0.05, 0) is 74.4 Å². The van der Waals surface area contributed by atoms with Gasteiger partial charge >= 0.3 is 5.97 Å². The molecule has 0 amide bonds. The molecule has 3 atom stereocenters. The monoisotopic (exact) mass is 609 g/mol. The molecule has 43 heavy (non-hydrogen) atoms. The molecule has 7 nitrogen and oxygen atoms in total. The lowest BCUT2D eigenvalue weighted by atomic mass is 9.91. The molecule has 0 bridgehead atoms. The van der Waals surface area contributed by atoms with Crippen molar-refractivity contribution in [1.29, 1.82) is 0 Å². The molecule has 3 unspecified atom stereocenters. The molecule has 232 valence electrons. The van der Waals surface area contributed by atoms with Gasteiger partial charge in [0.15, 0.2) is 5.13 Å². The van der Waals surface area contributed by atoms with Crippen LogP contribution in [0.1, 0.15) is 67.3 Å². The van der Waals surface area contributed by atoms with Gasteiger partial charge in [-0.25, -0.2) is 9.37 Å². The minimum absolute atomic E-state index is 0.133. The Morgan fingerprint density at radius 1 is 1.21 bits per heavy atom. The lowest BCUT2D eigenvalue weighted by Crippen LogP contribution is -2.47. The first kappa shape index (κ1) is 31.4. The third-order valence-corrected chi connectivity index (χ3v) is 10.0. The van der Waals surface area contributed by atoms with Gasteiger partial charge in [0.1, 0.15) is 18.2 Å². The van der Waals surface area contributed by atoms with Crippen molar-refractivity contribution in [3.05, 3.63) is 63.3 Å². The number of carboxylic acid groups (broad SMARTS) is 1. The number of methoxy groups -OCH3 is 1. The Bertz CT molecular complexity index is 1440. The van der Waals surface area contributed by atoms with Gasteiger partial charge in [0.25, 0.3) is 0 Å². The summed E-state index contributed by atoms with van der Waals surface area (Å²) in [6, 6.07) is 8.48. The number of aliphatic carboxylic acids is 1. The minimum atomic E-state index is -0.822. The Balaban J connectivity index is 1.33. The van der Waals surface area contributed by atoms with Crippen molar-refractivity contribution in [2.24, 2.45) is 5.92 Å². The third-order valence-electron chi connectivity index (χ3n) is 9.13. The zero-order valence-electron chi connectivity index (χ0n) is 26.0. The number of ether oxygens (including phenoxy) is 2. The molecular formula is C34H44FN3O4S. The fraction of sp³-hybridized carbons (Fsp3) is 0.529. The zero-order chi connectivity index (χ0) is 30.7. The van der Waals surface area contributed by atoms with E-state index < -0.39 is 11.9 Å². The first-order valence-electron chi connectivity index (χ1n) is 15.5. The maximum atomic E-state index is 15.9. The number of carbonyl (C=O) groups is 1. The Hall–Kier alpha value is -3.01. The highest BCUT2D eigenvalue weighted by molar-refractivity contribution is 7.14. The van der Waals surface area contributed by atoms with E-state index in [1.54, 1.807) is 7.11 Å². The van der Waals surface area contributed by atoms with E-state index >= 15 is 4.39 Å². The highest BCUT2D eigenvalue weighted by Crippen LogP contribution is 2.37. The highest BCUT2D eigenvalue weighted by atomic mass is 32.1. The Morgan fingerprint density at radius 3 is 2.74 bits per heavy atom. The van der Waals surface area contributed by atoms with E-state index in [-0.39, 0.29) is 18.5 Å². The van der Waals surface area contributed by atoms with Crippen LogP contribution in [0.25, 0.3) is 11.3 Å². The molecule has 2 aromatic carbocycles. The van der Waals surface area contributed by atoms with Crippen LogP contribution in [0.5, 0.6) is 5.75 Å². The fourth-order valence-electron chi connectivity index (χ4n) is 6.66. The molecule has 1 N–H and O–H groups in total. The topological polar surface area (TPSA) is 75.1 Å². The first-order chi connectivity index (χ1) is 20.7. The summed E-state index contributed by atoms with van der Waals surface area (Å²) in [5, 5.41) is 12.4. The molecule has 2 aliphatic heterocycles. The van der Waals surface area contributed by atoms with Crippen LogP contribution >= 0.6 is 11.3 Å². The van der Waals surface area contributed by atoms with Crippen molar-refractivity contribution < 1.29 is 23.8 Å². The van der Waals surface area contributed by atoms with Crippen LogP contribution in [0.2, 0.25) is 0 Å². The van der Waals surface area contributed by atoms with Crippen LogP contribution in [-0.2, 0) is 29.1 Å². The second kappa shape index (κ2) is 13.7. The summed E-state index contributed by atoms with van der Waals surface area (Å²) in [6.45, 7) is 11.5. The molecule has 9 heteroatoms. The molecule has 0 spiro atoms. The van der Waals surface area contributed by atoms with Crippen molar-refractivity contribution in [2.45, 2.75) is 85.1 Å². The van der Waals surface area contributed by atoms with Crippen molar-refractivity contribution in [1.82, 2.24) is 9.88 Å². The van der Waals surface area contributed by atoms with Crippen LogP contribution < -0.4 is 9.64 Å². The number of aryl methyl sites for hydroxylation is 2. The zero-order valence-corrected chi connectivity index (χ0v) is 26.8. The first-order valence-corrected chi connectivity index (χ1v) is 16.4. The molecule has 1 saturated heterocycles. The van der Waals surface area contributed by atoms with Crippen molar-refractivity contribution in [3.8, 4) is 17.0 Å². The number of piperidine rings is 1. The molecule has 0 radical (unpaired) electrons. The number of halogens is 1. The van der Waals surface area contributed by atoms with E-state index in [0.717, 1.165) is 71.0 Å². The van der Waals surface area contributed by atoms with E-state index in [2.05, 4.69) is 30.6 Å². The Morgan fingerprint density at radius 2 is 2.02 bits per heavy atom. The van der Waals surface area contributed by atoms with Gasteiger partial charge < -0.3 is 19.5 Å². The smallest absolute Gasteiger partial charge is 0.309 e. The highest BCUT2D eigenvalue weighted by Gasteiger charge is 2.35. The lowest BCUT2D eigenvalue weighted by Gasteiger charge is -2.36. The van der Waals surface area contributed by atoms with Gasteiger partial charge in [-0.2, -0.15) is 0 Å². The van der Waals surface area contributed by atoms with Gasteiger partial charge in [-0.1, -0.05) is 31.9 Å². The SMILES string of the molecule is CCCC(CC)N1CCc2c(F)c(COc3ccc(C)cc3-c3csc(N4CCC(C(=O)O)C(OC)C4)n3)cc(C)c2C1. The Labute approximate surface area is 258 Å². The predicted octanol–water partition coefficient (Wildman–Crippen LogP) is 7.01. The van der Waals surface area contributed by atoms with Gasteiger partial charge in [0.2, 0.25) is 0 Å². The average molecular weight is 610 g/mol. The minimum Gasteiger partial charge on any atom is -0.488 e. The quantitative estimate of drug-likeness (QED) is 0.251. The van der Waals surface area contributed by atoms with Gasteiger partial charge in [0.05, 0.1) is 17.7 Å².